The van der Waals surface area contributed by atoms with Gasteiger partial charge in [-0.15, -0.1) is 0 Å². The number of ether oxygens (including phenoxy) is 1. The standard InChI is InChI=1S/C17H21N3O6/c1-10-15(22)18-7-4-8-26-13-6-3-2-5-11(13)16(23)20-12(17(24)25)9-14(21)19-10/h2-3,5-6,10,12H,4,7-9H2,1H3,(H,18,22)(H,19,21)(H,20,23)(H,24,25)/t10-,12-/m0/s1. The second-order valence-corrected chi connectivity index (χ2v) is 5.85. The van der Waals surface area contributed by atoms with Crippen LogP contribution in [0, 0.1) is 0 Å². The van der Waals surface area contributed by atoms with Crippen LogP contribution < -0.4 is 20.7 Å². The fraction of sp³-hybridized carbons (Fsp3) is 0.412. The number of amides is 3. The predicted molar refractivity (Wildman–Crippen MR) is 90.7 cm³/mol. The molecule has 2 rings (SSSR count). The Labute approximate surface area is 150 Å². The van der Waals surface area contributed by atoms with Gasteiger partial charge in [0.25, 0.3) is 5.91 Å². The molecule has 0 bridgehead atoms. The topological polar surface area (TPSA) is 134 Å². The molecule has 1 aromatic rings. The second-order valence-electron chi connectivity index (χ2n) is 5.85. The van der Waals surface area contributed by atoms with E-state index in [1.54, 1.807) is 18.2 Å². The van der Waals surface area contributed by atoms with Crippen LogP contribution in [0.25, 0.3) is 0 Å². The van der Waals surface area contributed by atoms with Gasteiger partial charge in [0.05, 0.1) is 18.6 Å². The molecular formula is C17H21N3O6. The van der Waals surface area contributed by atoms with Crippen molar-refractivity contribution in [3.8, 4) is 5.75 Å². The summed E-state index contributed by atoms with van der Waals surface area (Å²) in [5, 5.41) is 16.7. The summed E-state index contributed by atoms with van der Waals surface area (Å²) in [5.41, 5.74) is 0.173. The number of carboxylic acids is 1. The molecule has 4 N–H and O–H groups in total. The van der Waals surface area contributed by atoms with E-state index in [1.165, 1.54) is 13.0 Å². The normalized spacial score (nSPS) is 22.4. The maximum Gasteiger partial charge on any atom is 0.326 e. The number of carbonyl (C=O) groups is 4. The minimum Gasteiger partial charge on any atom is -0.493 e. The van der Waals surface area contributed by atoms with E-state index >= 15 is 0 Å². The zero-order valence-corrected chi connectivity index (χ0v) is 14.3. The lowest BCUT2D eigenvalue weighted by molar-refractivity contribution is -0.141. The first kappa shape index (κ1) is 19.2. The van der Waals surface area contributed by atoms with Crippen LogP contribution in [-0.2, 0) is 14.4 Å². The molecule has 0 saturated carbocycles. The van der Waals surface area contributed by atoms with E-state index in [-0.39, 0.29) is 18.1 Å². The molecule has 2 atom stereocenters. The molecule has 0 fully saturated rings. The van der Waals surface area contributed by atoms with Gasteiger partial charge in [-0.1, -0.05) is 12.1 Å². The molecule has 0 aliphatic carbocycles. The number of para-hydroxylation sites is 1. The van der Waals surface area contributed by atoms with Gasteiger partial charge in [-0.2, -0.15) is 0 Å². The van der Waals surface area contributed by atoms with Crippen LogP contribution in [-0.4, -0.2) is 54.0 Å². The van der Waals surface area contributed by atoms with Crippen molar-refractivity contribution in [1.29, 1.82) is 0 Å². The number of rotatable bonds is 1. The molecule has 1 heterocycles. The summed E-state index contributed by atoms with van der Waals surface area (Å²) in [6.45, 7) is 2.09. The first-order valence-corrected chi connectivity index (χ1v) is 8.21. The Hall–Kier alpha value is -3.10. The second kappa shape index (κ2) is 8.84. The van der Waals surface area contributed by atoms with Crippen molar-refractivity contribution in [1.82, 2.24) is 16.0 Å². The quantitative estimate of drug-likeness (QED) is 0.539. The van der Waals surface area contributed by atoms with E-state index in [2.05, 4.69) is 16.0 Å². The Morgan fingerprint density at radius 1 is 1.19 bits per heavy atom. The van der Waals surface area contributed by atoms with Crippen LogP contribution in [0.15, 0.2) is 24.3 Å². The third kappa shape index (κ3) is 5.20. The zero-order chi connectivity index (χ0) is 19.1. The van der Waals surface area contributed by atoms with Crippen molar-refractivity contribution in [3.63, 3.8) is 0 Å². The number of fused-ring (bicyclic) bond motifs is 1. The molecule has 0 radical (unpaired) electrons. The first-order chi connectivity index (χ1) is 12.4. The zero-order valence-electron chi connectivity index (χ0n) is 14.3. The lowest BCUT2D eigenvalue weighted by atomic mass is 10.1. The number of carboxylic acid groups (broad SMARTS) is 1. The van der Waals surface area contributed by atoms with Crippen LogP contribution in [0.4, 0.5) is 0 Å². The number of hydrogen-bond acceptors (Lipinski definition) is 5. The molecule has 140 valence electrons. The van der Waals surface area contributed by atoms with Crippen LogP contribution >= 0.6 is 0 Å². The summed E-state index contributed by atoms with van der Waals surface area (Å²) in [6.07, 6.45) is 0.00181. The summed E-state index contributed by atoms with van der Waals surface area (Å²) in [4.78, 5) is 47.7. The van der Waals surface area contributed by atoms with E-state index in [4.69, 9.17) is 4.74 Å². The summed E-state index contributed by atoms with van der Waals surface area (Å²) in [7, 11) is 0. The van der Waals surface area contributed by atoms with Crippen molar-refractivity contribution < 1.29 is 29.0 Å². The van der Waals surface area contributed by atoms with Gasteiger partial charge < -0.3 is 25.8 Å². The summed E-state index contributed by atoms with van der Waals surface area (Å²) < 4.78 is 5.57. The Bertz CT molecular complexity index is 705. The summed E-state index contributed by atoms with van der Waals surface area (Å²) in [6, 6.07) is 4.15. The fourth-order valence-corrected chi connectivity index (χ4v) is 2.39. The molecule has 1 aromatic carbocycles. The van der Waals surface area contributed by atoms with Gasteiger partial charge in [-0.3, -0.25) is 14.4 Å². The van der Waals surface area contributed by atoms with Gasteiger partial charge in [-0.25, -0.2) is 4.79 Å². The Balaban J connectivity index is 2.25. The average molecular weight is 363 g/mol. The van der Waals surface area contributed by atoms with E-state index in [9.17, 15) is 24.3 Å². The van der Waals surface area contributed by atoms with Crippen molar-refractivity contribution in [2.75, 3.05) is 13.2 Å². The molecule has 9 heteroatoms. The maximum absolute atomic E-state index is 12.4. The minimum absolute atomic E-state index is 0.173. The predicted octanol–water partition coefficient (Wildman–Crippen LogP) is -0.337. The maximum atomic E-state index is 12.4. The van der Waals surface area contributed by atoms with Crippen LogP contribution in [0.3, 0.4) is 0 Å². The van der Waals surface area contributed by atoms with Gasteiger partial charge in [-0.05, 0) is 25.5 Å². The third-order valence-electron chi connectivity index (χ3n) is 3.77. The highest BCUT2D eigenvalue weighted by molar-refractivity contribution is 6.00. The smallest absolute Gasteiger partial charge is 0.326 e. The molecule has 0 aromatic heterocycles. The molecular weight excluding hydrogens is 342 g/mol. The highest BCUT2D eigenvalue weighted by Gasteiger charge is 2.26. The average Bonchev–Trinajstić information content (AvgIpc) is 2.60. The molecule has 0 unspecified atom stereocenters. The van der Waals surface area contributed by atoms with Crippen molar-refractivity contribution in [2.24, 2.45) is 0 Å². The number of hydrogen-bond donors (Lipinski definition) is 4. The molecule has 26 heavy (non-hydrogen) atoms. The molecule has 1 aliphatic heterocycles. The number of benzene rings is 1. The lowest BCUT2D eigenvalue weighted by Gasteiger charge is -2.17. The Morgan fingerprint density at radius 2 is 1.92 bits per heavy atom. The van der Waals surface area contributed by atoms with E-state index < -0.39 is 36.3 Å². The minimum atomic E-state index is -1.43. The fourth-order valence-electron chi connectivity index (χ4n) is 2.39. The van der Waals surface area contributed by atoms with Gasteiger partial charge in [0.2, 0.25) is 11.8 Å². The van der Waals surface area contributed by atoms with Crippen molar-refractivity contribution in [2.45, 2.75) is 31.8 Å². The molecule has 0 saturated heterocycles. The third-order valence-corrected chi connectivity index (χ3v) is 3.77. The number of carbonyl (C=O) groups excluding carboxylic acids is 3. The van der Waals surface area contributed by atoms with Crippen molar-refractivity contribution >= 4 is 23.7 Å². The van der Waals surface area contributed by atoms with Crippen molar-refractivity contribution in [3.05, 3.63) is 29.8 Å². The lowest BCUT2D eigenvalue weighted by Crippen LogP contribution is -2.48. The van der Waals surface area contributed by atoms with Crippen LogP contribution in [0.1, 0.15) is 30.1 Å². The van der Waals surface area contributed by atoms with Gasteiger partial charge >= 0.3 is 5.97 Å². The van der Waals surface area contributed by atoms with Crippen LogP contribution in [0.5, 0.6) is 5.75 Å². The molecule has 1 aliphatic rings. The Morgan fingerprint density at radius 3 is 2.65 bits per heavy atom. The van der Waals surface area contributed by atoms with E-state index in [0.717, 1.165) is 0 Å². The largest absolute Gasteiger partial charge is 0.493 e. The Kier molecular flexibility index (Phi) is 6.54. The van der Waals surface area contributed by atoms with Gasteiger partial charge in [0.1, 0.15) is 17.8 Å². The van der Waals surface area contributed by atoms with Gasteiger partial charge in [0.15, 0.2) is 0 Å². The van der Waals surface area contributed by atoms with Gasteiger partial charge in [0, 0.05) is 6.54 Å². The highest BCUT2D eigenvalue weighted by atomic mass is 16.5. The molecule has 0 spiro atoms. The number of nitrogens with one attached hydrogen (secondary N) is 3. The summed E-state index contributed by atoms with van der Waals surface area (Å²) in [5.74, 6) is -2.75. The van der Waals surface area contributed by atoms with Crippen LogP contribution in [0.2, 0.25) is 0 Å². The first-order valence-electron chi connectivity index (χ1n) is 8.21. The monoisotopic (exact) mass is 363 g/mol. The molecule has 3 amide bonds. The summed E-state index contributed by atoms with van der Waals surface area (Å²) >= 11 is 0. The SMILES string of the molecule is C[C@@H]1NC(=O)C[C@@H](C(=O)O)NC(=O)c2ccccc2OCCCNC1=O. The molecule has 9 nitrogen and oxygen atoms in total. The number of aliphatic carboxylic acids is 1. The highest BCUT2D eigenvalue weighted by Crippen LogP contribution is 2.18. The van der Waals surface area contributed by atoms with E-state index in [1.807, 2.05) is 0 Å². The van der Waals surface area contributed by atoms with E-state index in [0.29, 0.717) is 18.7 Å².